The molecule has 1 aromatic carbocycles. The number of pyridine rings is 1. The van der Waals surface area contributed by atoms with Gasteiger partial charge in [-0.3, -0.25) is 14.7 Å². The quantitative estimate of drug-likeness (QED) is 0.892. The summed E-state index contributed by atoms with van der Waals surface area (Å²) in [5.74, 6) is -0.0486. The van der Waals surface area contributed by atoms with Crippen molar-refractivity contribution < 1.29 is 14.3 Å². The van der Waals surface area contributed by atoms with Crippen LogP contribution in [0, 0.1) is 6.92 Å². The Labute approximate surface area is 159 Å². The minimum absolute atomic E-state index is 0.00604. The highest BCUT2D eigenvalue weighted by Crippen LogP contribution is 2.22. The highest BCUT2D eigenvalue weighted by Gasteiger charge is 2.35. The molecule has 1 amide bonds. The van der Waals surface area contributed by atoms with Crippen LogP contribution < -0.4 is 5.32 Å². The van der Waals surface area contributed by atoms with Crippen molar-refractivity contribution in [2.45, 2.75) is 32.4 Å². The van der Waals surface area contributed by atoms with Crippen molar-refractivity contribution in [3.8, 4) is 0 Å². The molecule has 1 N–H and O–H groups in total. The predicted octanol–water partition coefficient (Wildman–Crippen LogP) is 1.94. The van der Waals surface area contributed by atoms with Crippen molar-refractivity contribution in [3.63, 3.8) is 0 Å². The van der Waals surface area contributed by atoms with Crippen LogP contribution in [0.4, 0.5) is 0 Å². The van der Waals surface area contributed by atoms with Crippen molar-refractivity contribution in [2.24, 2.45) is 0 Å². The van der Waals surface area contributed by atoms with E-state index in [1.807, 2.05) is 19.1 Å². The van der Waals surface area contributed by atoms with Gasteiger partial charge < -0.3 is 14.8 Å². The molecule has 144 valence electrons. The minimum atomic E-state index is -0.0486. The standard InChI is InChI=1S/C21H27N3O3/c1-3-15-4-5-18-16(11-15)17(10-14(2)22-18)21(25)23-19-12-27-13-20(19)24-6-8-26-9-7-24/h4-5,10-11,19-20H,3,6-9,12-13H2,1-2H3,(H,23,25)/t19-,20-/m0/s1. The number of amides is 1. The lowest BCUT2D eigenvalue weighted by atomic mass is 10.0. The van der Waals surface area contributed by atoms with Crippen LogP contribution in [0.1, 0.15) is 28.5 Å². The molecule has 4 rings (SSSR count). The number of hydrogen-bond acceptors (Lipinski definition) is 5. The Bertz CT molecular complexity index is 833. The average Bonchev–Trinajstić information content (AvgIpc) is 3.15. The maximum Gasteiger partial charge on any atom is 0.252 e. The van der Waals surface area contributed by atoms with E-state index in [1.165, 1.54) is 5.56 Å². The molecule has 0 aliphatic carbocycles. The molecular weight excluding hydrogens is 342 g/mol. The van der Waals surface area contributed by atoms with Gasteiger partial charge >= 0.3 is 0 Å². The van der Waals surface area contributed by atoms with Gasteiger partial charge in [0.25, 0.3) is 5.91 Å². The van der Waals surface area contributed by atoms with Gasteiger partial charge in [0.1, 0.15) is 0 Å². The number of ether oxygens (including phenoxy) is 2. The normalized spacial score (nSPS) is 23.6. The molecule has 3 heterocycles. The number of benzene rings is 1. The molecule has 6 nitrogen and oxygen atoms in total. The van der Waals surface area contributed by atoms with Crippen molar-refractivity contribution in [1.29, 1.82) is 0 Å². The first-order valence-corrected chi connectivity index (χ1v) is 9.76. The summed E-state index contributed by atoms with van der Waals surface area (Å²) >= 11 is 0. The van der Waals surface area contributed by atoms with E-state index in [4.69, 9.17) is 9.47 Å². The van der Waals surface area contributed by atoms with Gasteiger partial charge in [0, 0.05) is 24.2 Å². The lowest BCUT2D eigenvalue weighted by Crippen LogP contribution is -2.54. The summed E-state index contributed by atoms with van der Waals surface area (Å²) in [6.07, 6.45) is 0.931. The fraction of sp³-hybridized carbons (Fsp3) is 0.524. The second-order valence-electron chi connectivity index (χ2n) is 7.35. The van der Waals surface area contributed by atoms with Crippen LogP contribution in [-0.2, 0) is 15.9 Å². The van der Waals surface area contributed by atoms with Gasteiger partial charge in [0.15, 0.2) is 0 Å². The maximum atomic E-state index is 13.2. The number of carbonyl (C=O) groups is 1. The first kappa shape index (κ1) is 18.3. The van der Waals surface area contributed by atoms with Gasteiger partial charge in [-0.1, -0.05) is 13.0 Å². The van der Waals surface area contributed by atoms with Crippen LogP contribution in [0.15, 0.2) is 24.3 Å². The Kier molecular flexibility index (Phi) is 5.38. The minimum Gasteiger partial charge on any atom is -0.379 e. The second kappa shape index (κ2) is 7.92. The molecule has 0 unspecified atom stereocenters. The number of nitrogens with one attached hydrogen (secondary N) is 1. The number of aromatic nitrogens is 1. The van der Waals surface area contributed by atoms with Crippen LogP contribution in [0.25, 0.3) is 10.9 Å². The third-order valence-corrected chi connectivity index (χ3v) is 5.54. The molecule has 27 heavy (non-hydrogen) atoms. The monoisotopic (exact) mass is 369 g/mol. The lowest BCUT2D eigenvalue weighted by Gasteiger charge is -2.34. The maximum absolute atomic E-state index is 13.2. The van der Waals surface area contributed by atoms with Gasteiger partial charge in [-0.05, 0) is 37.1 Å². The van der Waals surface area contributed by atoms with Gasteiger partial charge in [0.05, 0.1) is 49.6 Å². The molecule has 2 aliphatic rings. The molecule has 2 saturated heterocycles. The smallest absolute Gasteiger partial charge is 0.252 e. The van der Waals surface area contributed by atoms with E-state index in [2.05, 4.69) is 34.3 Å². The van der Waals surface area contributed by atoms with Gasteiger partial charge in [-0.15, -0.1) is 0 Å². The van der Waals surface area contributed by atoms with Gasteiger partial charge in [-0.25, -0.2) is 0 Å². The van der Waals surface area contributed by atoms with Crippen LogP contribution >= 0.6 is 0 Å². The molecule has 0 saturated carbocycles. The molecule has 2 aromatic rings. The number of morpholine rings is 1. The number of carbonyl (C=O) groups excluding carboxylic acids is 1. The molecular formula is C21H27N3O3. The summed E-state index contributed by atoms with van der Waals surface area (Å²) in [5, 5.41) is 4.14. The second-order valence-corrected chi connectivity index (χ2v) is 7.35. The van der Waals surface area contributed by atoms with Crippen LogP contribution in [0.3, 0.4) is 0 Å². The number of aryl methyl sites for hydroxylation is 2. The van der Waals surface area contributed by atoms with E-state index in [-0.39, 0.29) is 18.0 Å². The Balaban J connectivity index is 1.58. The molecule has 2 atom stereocenters. The molecule has 2 aliphatic heterocycles. The van der Waals surface area contributed by atoms with Crippen LogP contribution in [-0.4, -0.2) is 67.4 Å². The largest absolute Gasteiger partial charge is 0.379 e. The molecule has 0 radical (unpaired) electrons. The Morgan fingerprint density at radius 3 is 2.81 bits per heavy atom. The van der Waals surface area contributed by atoms with Crippen LogP contribution in [0.5, 0.6) is 0 Å². The van der Waals surface area contributed by atoms with E-state index >= 15 is 0 Å². The molecule has 0 spiro atoms. The van der Waals surface area contributed by atoms with Crippen molar-refractivity contribution >= 4 is 16.8 Å². The first-order valence-electron chi connectivity index (χ1n) is 9.76. The molecule has 2 fully saturated rings. The summed E-state index contributed by atoms with van der Waals surface area (Å²) < 4.78 is 11.1. The van der Waals surface area contributed by atoms with E-state index in [0.29, 0.717) is 18.8 Å². The SMILES string of the molecule is CCc1ccc2nc(C)cc(C(=O)N[C@H]3COC[C@@H]3N3CCOCC3)c2c1. The fourth-order valence-corrected chi connectivity index (χ4v) is 4.01. The van der Waals surface area contributed by atoms with Crippen molar-refractivity contribution in [2.75, 3.05) is 39.5 Å². The summed E-state index contributed by atoms with van der Waals surface area (Å²) in [6, 6.07) is 8.26. The van der Waals surface area contributed by atoms with E-state index < -0.39 is 0 Å². The summed E-state index contributed by atoms with van der Waals surface area (Å²) in [5.41, 5.74) is 3.62. The van der Waals surface area contributed by atoms with E-state index in [1.54, 1.807) is 0 Å². The molecule has 0 bridgehead atoms. The number of nitrogens with zero attached hydrogens (tertiary/aromatic N) is 2. The zero-order valence-corrected chi connectivity index (χ0v) is 16.0. The Hall–Kier alpha value is -2.02. The first-order chi connectivity index (χ1) is 13.2. The van der Waals surface area contributed by atoms with E-state index in [0.717, 1.165) is 49.3 Å². The summed E-state index contributed by atoms with van der Waals surface area (Å²) in [4.78, 5) is 20.1. The highest BCUT2D eigenvalue weighted by molar-refractivity contribution is 6.06. The van der Waals surface area contributed by atoms with Crippen LogP contribution in [0.2, 0.25) is 0 Å². The number of fused-ring (bicyclic) bond motifs is 1. The van der Waals surface area contributed by atoms with Gasteiger partial charge in [-0.2, -0.15) is 0 Å². The zero-order valence-electron chi connectivity index (χ0n) is 16.0. The Morgan fingerprint density at radius 2 is 2.04 bits per heavy atom. The third kappa shape index (κ3) is 3.83. The topological polar surface area (TPSA) is 63.7 Å². The number of hydrogen-bond donors (Lipinski definition) is 1. The zero-order chi connectivity index (χ0) is 18.8. The predicted molar refractivity (Wildman–Crippen MR) is 104 cm³/mol. The molecule has 6 heteroatoms. The van der Waals surface area contributed by atoms with Crippen molar-refractivity contribution in [3.05, 3.63) is 41.1 Å². The summed E-state index contributed by atoms with van der Waals surface area (Å²) in [7, 11) is 0. The Morgan fingerprint density at radius 1 is 1.22 bits per heavy atom. The van der Waals surface area contributed by atoms with Gasteiger partial charge in [0.2, 0.25) is 0 Å². The average molecular weight is 369 g/mol. The fourth-order valence-electron chi connectivity index (χ4n) is 4.01. The molecule has 1 aromatic heterocycles. The van der Waals surface area contributed by atoms with Crippen molar-refractivity contribution in [1.82, 2.24) is 15.2 Å². The highest BCUT2D eigenvalue weighted by atomic mass is 16.5. The lowest BCUT2D eigenvalue weighted by molar-refractivity contribution is 0.0108. The third-order valence-electron chi connectivity index (χ3n) is 5.54. The van der Waals surface area contributed by atoms with E-state index in [9.17, 15) is 4.79 Å². The summed E-state index contributed by atoms with van der Waals surface area (Å²) in [6.45, 7) is 8.51. The number of rotatable bonds is 4.